The van der Waals surface area contributed by atoms with E-state index in [1.807, 2.05) is 24.2 Å². The fraction of sp³-hybridized carbons (Fsp3) is 0.625. The van der Waals surface area contributed by atoms with Gasteiger partial charge in [-0.15, -0.1) is 5.10 Å². The molecule has 9 heteroatoms. The van der Waals surface area contributed by atoms with Gasteiger partial charge in [0.05, 0.1) is 12.4 Å². The number of methoxy groups -OCH3 is 1. The van der Waals surface area contributed by atoms with Crippen LogP contribution in [0.5, 0.6) is 0 Å². The van der Waals surface area contributed by atoms with Crippen molar-refractivity contribution < 1.29 is 9.53 Å². The van der Waals surface area contributed by atoms with Gasteiger partial charge in [-0.2, -0.15) is 0 Å². The summed E-state index contributed by atoms with van der Waals surface area (Å²) in [6.07, 6.45) is 5.86. The highest BCUT2D eigenvalue weighted by atomic mass is 32.2. The molecule has 136 valence electrons. The summed E-state index contributed by atoms with van der Waals surface area (Å²) in [5.74, 6) is 2.58. The molecule has 0 aliphatic carbocycles. The number of amides is 1. The highest BCUT2D eigenvalue weighted by Gasteiger charge is 2.27. The number of aryl methyl sites for hydroxylation is 1. The van der Waals surface area contributed by atoms with Crippen LogP contribution in [0, 0.1) is 6.92 Å². The third-order valence-corrected chi connectivity index (χ3v) is 5.16. The van der Waals surface area contributed by atoms with E-state index in [-0.39, 0.29) is 11.8 Å². The molecule has 25 heavy (non-hydrogen) atoms. The van der Waals surface area contributed by atoms with Crippen molar-refractivity contribution >= 4 is 17.7 Å². The van der Waals surface area contributed by atoms with Gasteiger partial charge >= 0.3 is 0 Å². The number of carbonyl (C=O) groups excluding carboxylic acids is 1. The maximum atomic E-state index is 12.5. The maximum Gasteiger partial charge on any atom is 0.233 e. The van der Waals surface area contributed by atoms with Crippen LogP contribution in [-0.4, -0.2) is 68.1 Å². The maximum absolute atomic E-state index is 12.5. The summed E-state index contributed by atoms with van der Waals surface area (Å²) in [5, 5.41) is 7.47. The molecule has 1 atom stereocenters. The van der Waals surface area contributed by atoms with Gasteiger partial charge in [0.1, 0.15) is 11.6 Å². The van der Waals surface area contributed by atoms with Crippen molar-refractivity contribution in [2.45, 2.75) is 37.4 Å². The van der Waals surface area contributed by atoms with Crippen molar-refractivity contribution in [3.8, 4) is 0 Å². The second-order valence-electron chi connectivity index (χ2n) is 6.14. The first-order valence-corrected chi connectivity index (χ1v) is 9.45. The molecule has 1 N–H and O–H groups in total. The number of imidazole rings is 1. The highest BCUT2D eigenvalue weighted by molar-refractivity contribution is 7.99. The number of hydrogen-bond donors (Lipinski definition) is 1. The molecule has 2 aromatic heterocycles. The fourth-order valence-corrected chi connectivity index (χ4v) is 3.82. The normalized spacial score (nSPS) is 17.8. The van der Waals surface area contributed by atoms with Gasteiger partial charge in [0.15, 0.2) is 0 Å². The molecule has 0 aromatic carbocycles. The van der Waals surface area contributed by atoms with Crippen molar-refractivity contribution in [2.75, 3.05) is 32.6 Å². The first-order valence-electron chi connectivity index (χ1n) is 8.47. The number of thioether (sulfide) groups is 1. The van der Waals surface area contributed by atoms with Gasteiger partial charge in [0.2, 0.25) is 11.1 Å². The average Bonchev–Trinajstić information content (AvgIpc) is 3.26. The number of nitrogens with zero attached hydrogens (tertiary/aromatic N) is 5. The Balaban J connectivity index is 1.57. The second-order valence-corrected chi connectivity index (χ2v) is 7.09. The topological polar surface area (TPSA) is 88.9 Å². The predicted molar refractivity (Wildman–Crippen MR) is 94.5 cm³/mol. The molecule has 3 rings (SSSR count). The molecule has 3 heterocycles. The van der Waals surface area contributed by atoms with Gasteiger partial charge in [-0.25, -0.2) is 9.97 Å². The van der Waals surface area contributed by atoms with Crippen molar-refractivity contribution in [3.05, 3.63) is 24.0 Å². The summed E-state index contributed by atoms with van der Waals surface area (Å²) in [6.45, 7) is 4.82. The van der Waals surface area contributed by atoms with E-state index < -0.39 is 0 Å². The molecule has 8 nitrogen and oxygen atoms in total. The average molecular weight is 364 g/mol. The molecular formula is C16H24N6O2S. The van der Waals surface area contributed by atoms with Crippen LogP contribution in [0.15, 0.2) is 17.6 Å². The van der Waals surface area contributed by atoms with Crippen molar-refractivity contribution in [1.29, 1.82) is 0 Å². The summed E-state index contributed by atoms with van der Waals surface area (Å²) in [5.41, 5.74) is 0. The van der Waals surface area contributed by atoms with Crippen LogP contribution < -0.4 is 0 Å². The van der Waals surface area contributed by atoms with Crippen LogP contribution in [0.1, 0.15) is 30.4 Å². The first kappa shape index (κ1) is 17.9. The predicted octanol–water partition coefficient (Wildman–Crippen LogP) is 1.45. The molecule has 0 radical (unpaired) electrons. The lowest BCUT2D eigenvalue weighted by Crippen LogP contribution is -2.40. The Morgan fingerprint density at radius 2 is 2.40 bits per heavy atom. The highest BCUT2D eigenvalue weighted by Crippen LogP contribution is 2.26. The fourth-order valence-electron chi connectivity index (χ4n) is 3.08. The zero-order valence-electron chi connectivity index (χ0n) is 14.6. The number of carbonyl (C=O) groups is 1. The van der Waals surface area contributed by atoms with Crippen LogP contribution in [0.3, 0.4) is 0 Å². The number of hydrogen-bond acceptors (Lipinski definition) is 6. The number of ether oxygens (including phenoxy) is 1. The Bertz CT molecular complexity index is 700. The molecular weight excluding hydrogens is 340 g/mol. The van der Waals surface area contributed by atoms with Gasteiger partial charge in [-0.1, -0.05) is 11.8 Å². The van der Waals surface area contributed by atoms with Gasteiger partial charge < -0.3 is 14.2 Å². The van der Waals surface area contributed by atoms with Crippen LogP contribution in [0.2, 0.25) is 0 Å². The third kappa shape index (κ3) is 4.60. The van der Waals surface area contributed by atoms with Gasteiger partial charge in [0.25, 0.3) is 0 Å². The minimum atomic E-state index is 0.132. The molecule has 1 amide bonds. The van der Waals surface area contributed by atoms with Crippen LogP contribution in [0.4, 0.5) is 0 Å². The summed E-state index contributed by atoms with van der Waals surface area (Å²) < 4.78 is 7.29. The van der Waals surface area contributed by atoms with Gasteiger partial charge in [0, 0.05) is 45.1 Å². The minimum absolute atomic E-state index is 0.132. The number of rotatable bonds is 7. The Labute approximate surface area is 151 Å². The Kier molecular flexibility index (Phi) is 6.09. The number of likely N-dealkylation sites (tertiary alicyclic amines) is 1. The van der Waals surface area contributed by atoms with E-state index in [1.54, 1.807) is 7.11 Å². The third-order valence-electron chi connectivity index (χ3n) is 4.32. The lowest BCUT2D eigenvalue weighted by Gasteiger charge is -2.32. The number of nitrogens with one attached hydrogen (secondary N) is 1. The van der Waals surface area contributed by atoms with Crippen molar-refractivity contribution in [1.82, 2.24) is 29.6 Å². The van der Waals surface area contributed by atoms with Crippen LogP contribution in [-0.2, 0) is 16.1 Å². The summed E-state index contributed by atoms with van der Waals surface area (Å²) in [7, 11) is 1.70. The summed E-state index contributed by atoms with van der Waals surface area (Å²) in [6, 6.07) is 0. The number of piperidine rings is 1. The summed E-state index contributed by atoms with van der Waals surface area (Å²) in [4.78, 5) is 23.2. The van der Waals surface area contributed by atoms with Crippen molar-refractivity contribution in [3.63, 3.8) is 0 Å². The number of aromatic amines is 1. The van der Waals surface area contributed by atoms with E-state index in [0.29, 0.717) is 17.5 Å². The monoisotopic (exact) mass is 364 g/mol. The zero-order chi connectivity index (χ0) is 17.6. The Morgan fingerprint density at radius 1 is 1.52 bits per heavy atom. The number of H-pyrrole nitrogens is 1. The molecule has 1 saturated heterocycles. The van der Waals surface area contributed by atoms with Crippen LogP contribution >= 0.6 is 11.8 Å². The molecule has 1 aliphatic rings. The quantitative estimate of drug-likeness (QED) is 0.748. The number of aromatic nitrogens is 5. The van der Waals surface area contributed by atoms with E-state index in [9.17, 15) is 4.79 Å². The Hall–Kier alpha value is -1.87. The van der Waals surface area contributed by atoms with E-state index in [2.05, 4.69) is 24.7 Å². The second kappa shape index (κ2) is 8.48. The molecule has 2 aromatic rings. The standard InChI is InChI=1S/C16H24N6O2S/c1-12-18-16(20-19-12)25-11-14(23)22-6-3-4-13(10-22)15-17-5-7-21(15)8-9-24-2/h5,7,13H,3-4,6,8-11H2,1-2H3,(H,18,19,20)/t13-/m0/s1. The summed E-state index contributed by atoms with van der Waals surface area (Å²) >= 11 is 1.37. The van der Waals surface area contributed by atoms with E-state index >= 15 is 0 Å². The van der Waals surface area contributed by atoms with E-state index in [1.165, 1.54) is 11.8 Å². The van der Waals surface area contributed by atoms with E-state index in [0.717, 1.165) is 44.1 Å². The minimum Gasteiger partial charge on any atom is -0.383 e. The largest absolute Gasteiger partial charge is 0.383 e. The van der Waals surface area contributed by atoms with Gasteiger partial charge in [-0.05, 0) is 19.8 Å². The first-order chi connectivity index (χ1) is 12.2. The smallest absolute Gasteiger partial charge is 0.233 e. The molecule has 0 saturated carbocycles. The molecule has 0 bridgehead atoms. The van der Waals surface area contributed by atoms with Crippen LogP contribution in [0.25, 0.3) is 0 Å². The lowest BCUT2D eigenvalue weighted by molar-refractivity contribution is -0.129. The van der Waals surface area contributed by atoms with Gasteiger partial charge in [-0.3, -0.25) is 9.89 Å². The molecule has 0 unspecified atom stereocenters. The van der Waals surface area contributed by atoms with Crippen molar-refractivity contribution in [2.24, 2.45) is 0 Å². The van der Waals surface area contributed by atoms with E-state index in [4.69, 9.17) is 4.74 Å². The molecule has 1 aliphatic heterocycles. The zero-order valence-corrected chi connectivity index (χ0v) is 15.5. The SMILES string of the molecule is COCCn1ccnc1[C@H]1CCCN(C(=O)CSc2n[nH]c(C)n2)C1. The lowest BCUT2D eigenvalue weighted by atomic mass is 9.97. The molecule has 1 fully saturated rings. The molecule has 0 spiro atoms. The Morgan fingerprint density at radius 3 is 3.16 bits per heavy atom.